The summed E-state index contributed by atoms with van der Waals surface area (Å²) < 4.78 is 5.35. The number of nitrogens with one attached hydrogen (secondary N) is 1. The normalized spacial score (nSPS) is 13.1. The molecule has 1 aromatic carbocycles. The van der Waals surface area contributed by atoms with E-state index in [1.807, 2.05) is 34.6 Å². The van der Waals surface area contributed by atoms with Gasteiger partial charge in [0.25, 0.3) is 0 Å². The first-order valence-electron chi connectivity index (χ1n) is 6.83. The summed E-state index contributed by atoms with van der Waals surface area (Å²) in [6.45, 7) is 10.6. The fourth-order valence-corrected chi connectivity index (χ4v) is 2.52. The number of nitrogens with two attached hydrogens (primary N) is 1. The van der Waals surface area contributed by atoms with Crippen LogP contribution in [-0.4, -0.2) is 19.1 Å². The molecule has 0 aliphatic carbocycles. The fraction of sp³-hybridized carbons (Fsp3) is 0.562. The molecule has 1 aromatic rings. The van der Waals surface area contributed by atoms with Crippen molar-refractivity contribution in [3.63, 3.8) is 0 Å². The summed E-state index contributed by atoms with van der Waals surface area (Å²) in [7, 11) is 1.68. The Morgan fingerprint density at radius 1 is 1.30 bits per heavy atom. The van der Waals surface area contributed by atoms with Gasteiger partial charge in [0.15, 0.2) is 0 Å². The maximum Gasteiger partial charge on any atom is 0.235 e. The topological polar surface area (TPSA) is 64.3 Å². The van der Waals surface area contributed by atoms with Crippen molar-refractivity contribution in [3.8, 4) is 5.75 Å². The number of aryl methyl sites for hydroxylation is 2. The van der Waals surface area contributed by atoms with Gasteiger partial charge in [-0.05, 0) is 36.0 Å². The smallest absolute Gasteiger partial charge is 0.235 e. The van der Waals surface area contributed by atoms with Gasteiger partial charge in [-0.15, -0.1) is 0 Å². The predicted molar refractivity (Wildman–Crippen MR) is 81.7 cm³/mol. The average Bonchev–Trinajstić information content (AvgIpc) is 2.26. The highest BCUT2D eigenvalue weighted by atomic mass is 16.5. The first-order chi connectivity index (χ1) is 9.16. The summed E-state index contributed by atoms with van der Waals surface area (Å²) >= 11 is 0. The molecule has 1 rings (SSSR count). The van der Waals surface area contributed by atoms with Crippen LogP contribution in [0.3, 0.4) is 0 Å². The van der Waals surface area contributed by atoms with Crippen LogP contribution < -0.4 is 15.8 Å². The molecule has 1 atom stereocenters. The van der Waals surface area contributed by atoms with Crippen LogP contribution in [0.15, 0.2) is 12.1 Å². The molecule has 4 heteroatoms. The summed E-state index contributed by atoms with van der Waals surface area (Å²) in [5.74, 6) is 0.593. The molecule has 20 heavy (non-hydrogen) atoms. The molecule has 4 nitrogen and oxygen atoms in total. The van der Waals surface area contributed by atoms with Crippen molar-refractivity contribution in [2.24, 2.45) is 11.1 Å². The van der Waals surface area contributed by atoms with Crippen molar-refractivity contribution in [2.45, 2.75) is 47.2 Å². The van der Waals surface area contributed by atoms with Crippen molar-refractivity contribution in [1.82, 2.24) is 5.32 Å². The van der Waals surface area contributed by atoms with Gasteiger partial charge in [0.05, 0.1) is 13.2 Å². The largest absolute Gasteiger partial charge is 0.496 e. The Kier molecular flexibility index (Phi) is 5.17. The SMILES string of the molecule is COc1c(C)cc(CN[C@@H](C(N)=O)C(C)(C)C)cc1C. The van der Waals surface area contributed by atoms with E-state index in [4.69, 9.17) is 10.5 Å². The van der Waals surface area contributed by atoms with Crippen LogP contribution in [0.2, 0.25) is 0 Å². The van der Waals surface area contributed by atoms with Crippen molar-refractivity contribution in [1.29, 1.82) is 0 Å². The Balaban J connectivity index is 2.87. The number of primary amides is 1. The average molecular weight is 278 g/mol. The molecule has 1 amide bonds. The molecule has 0 saturated heterocycles. The third kappa shape index (κ3) is 3.97. The summed E-state index contributed by atoms with van der Waals surface area (Å²) in [5.41, 5.74) is 8.57. The Morgan fingerprint density at radius 3 is 2.15 bits per heavy atom. The molecule has 0 heterocycles. The van der Waals surface area contributed by atoms with Crippen molar-refractivity contribution < 1.29 is 9.53 Å². The molecular weight excluding hydrogens is 252 g/mol. The summed E-state index contributed by atoms with van der Waals surface area (Å²) in [4.78, 5) is 11.5. The van der Waals surface area contributed by atoms with E-state index in [0.717, 1.165) is 22.4 Å². The van der Waals surface area contributed by atoms with Crippen LogP contribution in [0.25, 0.3) is 0 Å². The number of amides is 1. The van der Waals surface area contributed by atoms with E-state index in [1.165, 1.54) is 0 Å². The third-order valence-corrected chi connectivity index (χ3v) is 3.39. The van der Waals surface area contributed by atoms with E-state index in [1.54, 1.807) is 7.11 Å². The van der Waals surface area contributed by atoms with E-state index in [0.29, 0.717) is 6.54 Å². The van der Waals surface area contributed by atoms with Crippen LogP contribution in [0, 0.1) is 19.3 Å². The molecule has 3 N–H and O–H groups in total. The first kappa shape index (κ1) is 16.5. The molecule has 0 spiro atoms. The Morgan fingerprint density at radius 2 is 1.80 bits per heavy atom. The zero-order valence-electron chi connectivity index (χ0n) is 13.3. The van der Waals surface area contributed by atoms with Gasteiger partial charge in [-0.25, -0.2) is 0 Å². The number of ether oxygens (including phenoxy) is 1. The Hall–Kier alpha value is -1.55. The maximum atomic E-state index is 11.5. The van der Waals surface area contributed by atoms with E-state index in [9.17, 15) is 4.79 Å². The molecule has 0 aromatic heterocycles. The van der Waals surface area contributed by atoms with E-state index < -0.39 is 0 Å². The van der Waals surface area contributed by atoms with Crippen molar-refractivity contribution in [2.75, 3.05) is 7.11 Å². The monoisotopic (exact) mass is 278 g/mol. The fourth-order valence-electron chi connectivity index (χ4n) is 2.52. The van der Waals surface area contributed by atoms with Crippen molar-refractivity contribution >= 4 is 5.91 Å². The van der Waals surface area contributed by atoms with Gasteiger partial charge < -0.3 is 15.8 Å². The highest BCUT2D eigenvalue weighted by molar-refractivity contribution is 5.80. The van der Waals surface area contributed by atoms with Crippen LogP contribution in [-0.2, 0) is 11.3 Å². The minimum atomic E-state index is -0.356. The number of hydrogen-bond acceptors (Lipinski definition) is 3. The van der Waals surface area contributed by atoms with Gasteiger partial charge in [-0.2, -0.15) is 0 Å². The molecule has 112 valence electrons. The minimum absolute atomic E-state index is 0.206. The summed E-state index contributed by atoms with van der Waals surface area (Å²) in [6, 6.07) is 3.78. The van der Waals surface area contributed by atoms with Crippen LogP contribution in [0.4, 0.5) is 0 Å². The zero-order valence-corrected chi connectivity index (χ0v) is 13.3. The molecule has 0 bridgehead atoms. The highest BCUT2D eigenvalue weighted by Gasteiger charge is 2.28. The van der Waals surface area contributed by atoms with Gasteiger partial charge in [0.2, 0.25) is 5.91 Å². The number of benzene rings is 1. The standard InChI is InChI=1S/C16H26N2O2/c1-10-7-12(8-11(2)13(10)20-6)9-18-14(15(17)19)16(3,4)5/h7-8,14,18H,9H2,1-6H3,(H2,17,19)/t14-/m0/s1. The minimum Gasteiger partial charge on any atom is -0.496 e. The molecule has 0 fully saturated rings. The summed E-state index contributed by atoms with van der Waals surface area (Å²) in [5, 5.41) is 3.25. The molecular formula is C16H26N2O2. The molecule has 0 aliphatic heterocycles. The molecule has 0 unspecified atom stereocenters. The molecule has 0 radical (unpaired) electrons. The van der Waals surface area contributed by atoms with Gasteiger partial charge in [0, 0.05) is 6.54 Å². The molecule has 0 saturated carbocycles. The highest BCUT2D eigenvalue weighted by Crippen LogP contribution is 2.25. The third-order valence-electron chi connectivity index (χ3n) is 3.39. The number of hydrogen-bond donors (Lipinski definition) is 2. The zero-order chi connectivity index (χ0) is 15.5. The van der Waals surface area contributed by atoms with Gasteiger partial charge >= 0.3 is 0 Å². The number of rotatable bonds is 5. The van der Waals surface area contributed by atoms with Gasteiger partial charge in [-0.3, -0.25) is 4.79 Å². The van der Waals surface area contributed by atoms with Gasteiger partial charge in [-0.1, -0.05) is 32.9 Å². The predicted octanol–water partition coefficient (Wildman–Crippen LogP) is 2.30. The quantitative estimate of drug-likeness (QED) is 0.868. The number of carbonyl (C=O) groups is 1. The van der Waals surface area contributed by atoms with Gasteiger partial charge in [0.1, 0.15) is 5.75 Å². The maximum absolute atomic E-state index is 11.5. The van der Waals surface area contributed by atoms with E-state index in [-0.39, 0.29) is 17.4 Å². The number of carbonyl (C=O) groups excluding carboxylic acids is 1. The van der Waals surface area contributed by atoms with Crippen LogP contribution in [0.5, 0.6) is 5.75 Å². The summed E-state index contributed by atoms with van der Waals surface area (Å²) in [6.07, 6.45) is 0. The lowest BCUT2D eigenvalue weighted by molar-refractivity contribution is -0.122. The lowest BCUT2D eigenvalue weighted by Crippen LogP contribution is -2.49. The Labute approximate surface area is 121 Å². The molecule has 0 aliphatic rings. The number of methoxy groups -OCH3 is 1. The van der Waals surface area contributed by atoms with Crippen molar-refractivity contribution in [3.05, 3.63) is 28.8 Å². The lowest BCUT2D eigenvalue weighted by Gasteiger charge is -2.29. The van der Waals surface area contributed by atoms with E-state index in [2.05, 4.69) is 17.4 Å². The van der Waals surface area contributed by atoms with Crippen LogP contribution in [0.1, 0.15) is 37.5 Å². The van der Waals surface area contributed by atoms with Crippen LogP contribution >= 0.6 is 0 Å². The lowest BCUT2D eigenvalue weighted by atomic mass is 9.86. The first-order valence-corrected chi connectivity index (χ1v) is 6.83. The second kappa shape index (κ2) is 6.27. The van der Waals surface area contributed by atoms with E-state index >= 15 is 0 Å². The Bertz CT molecular complexity index is 467. The second-order valence-electron chi connectivity index (χ2n) is 6.35. The second-order valence-corrected chi connectivity index (χ2v) is 6.35.